The molecular weight excluding hydrogens is 427 g/mol. The lowest BCUT2D eigenvalue weighted by molar-refractivity contribution is 0.174. The molecule has 3 aromatic heterocycles. The van der Waals surface area contributed by atoms with Gasteiger partial charge in [0.05, 0.1) is 10.6 Å². The zero-order valence-corrected chi connectivity index (χ0v) is 18.2. The van der Waals surface area contributed by atoms with E-state index < -0.39 is 11.9 Å². The Balaban J connectivity index is 1.36. The lowest BCUT2D eigenvalue weighted by atomic mass is 10.2. The van der Waals surface area contributed by atoms with Crippen molar-refractivity contribution in [3.8, 4) is 16.5 Å². The predicted molar refractivity (Wildman–Crippen MR) is 111 cm³/mol. The van der Waals surface area contributed by atoms with E-state index >= 15 is 0 Å². The van der Waals surface area contributed by atoms with Crippen LogP contribution < -0.4 is 4.74 Å². The van der Waals surface area contributed by atoms with Crippen LogP contribution in [0.2, 0.25) is 0 Å². The van der Waals surface area contributed by atoms with E-state index in [2.05, 4.69) is 40.3 Å². The number of benzene rings is 1. The molecule has 10 heteroatoms. The molecule has 156 valence electrons. The number of rotatable bonds is 8. The molecule has 3 heterocycles. The van der Waals surface area contributed by atoms with Crippen molar-refractivity contribution >= 4 is 23.1 Å². The number of halogens is 1. The first kappa shape index (κ1) is 20.5. The summed E-state index contributed by atoms with van der Waals surface area (Å²) in [6, 6.07) is 8.23. The van der Waals surface area contributed by atoms with Crippen LogP contribution in [0.4, 0.5) is 4.39 Å². The Morgan fingerprint density at radius 1 is 1.17 bits per heavy atom. The summed E-state index contributed by atoms with van der Waals surface area (Å²) < 4.78 is 30.7. The molecule has 1 unspecified atom stereocenters. The molecule has 1 aromatic carbocycles. The van der Waals surface area contributed by atoms with Gasteiger partial charge in [-0.3, -0.25) is 0 Å². The highest BCUT2D eigenvalue weighted by atomic mass is 32.2. The third-order valence-electron chi connectivity index (χ3n) is 4.25. The van der Waals surface area contributed by atoms with Gasteiger partial charge < -0.3 is 13.6 Å². The van der Waals surface area contributed by atoms with Crippen LogP contribution in [-0.2, 0) is 12.2 Å². The average Bonchev–Trinajstić information content (AvgIpc) is 3.47. The van der Waals surface area contributed by atoms with Gasteiger partial charge in [-0.05, 0) is 44.0 Å². The zero-order chi connectivity index (χ0) is 21.1. The second-order valence-electron chi connectivity index (χ2n) is 6.46. The maximum Gasteiger partial charge on any atom is 0.277 e. The van der Waals surface area contributed by atoms with Crippen LogP contribution in [0, 0.1) is 12.7 Å². The molecule has 7 nitrogen and oxygen atoms in total. The number of thioether (sulfide) groups is 1. The van der Waals surface area contributed by atoms with Gasteiger partial charge in [0.1, 0.15) is 0 Å². The van der Waals surface area contributed by atoms with E-state index in [1.165, 1.54) is 28.3 Å². The summed E-state index contributed by atoms with van der Waals surface area (Å²) in [7, 11) is 0. The fourth-order valence-corrected chi connectivity index (χ4v) is 4.38. The van der Waals surface area contributed by atoms with Crippen LogP contribution in [0.3, 0.4) is 0 Å². The topological polar surface area (TPSA) is 87.1 Å². The quantitative estimate of drug-likeness (QED) is 0.322. The Morgan fingerprint density at radius 3 is 2.77 bits per heavy atom. The summed E-state index contributed by atoms with van der Waals surface area (Å²) in [5, 5.41) is 16.5. The van der Waals surface area contributed by atoms with Crippen molar-refractivity contribution in [3.63, 3.8) is 0 Å². The lowest BCUT2D eigenvalue weighted by Gasteiger charge is -2.11. The number of ether oxygens (including phenoxy) is 1. The van der Waals surface area contributed by atoms with E-state index in [4.69, 9.17) is 13.6 Å². The van der Waals surface area contributed by atoms with Gasteiger partial charge in [-0.2, -0.15) is 0 Å². The number of nitrogens with zero attached hydrogens (tertiary/aromatic N) is 4. The average molecular weight is 447 g/mol. The molecule has 30 heavy (non-hydrogen) atoms. The van der Waals surface area contributed by atoms with Crippen LogP contribution in [0.1, 0.15) is 42.2 Å². The van der Waals surface area contributed by atoms with E-state index in [9.17, 15) is 4.39 Å². The van der Waals surface area contributed by atoms with E-state index in [1.807, 2.05) is 0 Å². The van der Waals surface area contributed by atoms with Crippen molar-refractivity contribution < 1.29 is 18.0 Å². The number of hydrogen-bond acceptors (Lipinski definition) is 9. The maximum absolute atomic E-state index is 13.7. The van der Waals surface area contributed by atoms with Gasteiger partial charge in [-0.15, -0.1) is 31.7 Å². The first-order valence-corrected chi connectivity index (χ1v) is 11.1. The highest BCUT2D eigenvalue weighted by Crippen LogP contribution is 2.32. The predicted octanol–water partition coefficient (Wildman–Crippen LogP) is 5.62. The molecule has 0 aliphatic rings. The lowest BCUT2D eigenvalue weighted by Crippen LogP contribution is -2.04. The molecule has 0 fully saturated rings. The van der Waals surface area contributed by atoms with Crippen molar-refractivity contribution in [2.45, 2.75) is 44.3 Å². The Kier molecular flexibility index (Phi) is 6.14. The standard InChI is InChI=1S/C20H19FN4O3S2/c1-4-15-11(2)9-16(30-15)19-24-22-17(27-19)10-29-20-25-23-18(28-20)12(3)26-14-8-6-5-7-13(14)21/h5-9,12H,4,10H2,1-3H3. The third-order valence-corrected chi connectivity index (χ3v) is 6.42. The van der Waals surface area contributed by atoms with E-state index in [1.54, 1.807) is 36.5 Å². The molecule has 0 spiro atoms. The van der Waals surface area contributed by atoms with E-state index in [0.717, 1.165) is 11.3 Å². The molecule has 0 amide bonds. The zero-order valence-electron chi connectivity index (χ0n) is 16.6. The number of aryl methyl sites for hydroxylation is 2. The van der Waals surface area contributed by atoms with E-state index in [0.29, 0.717) is 22.8 Å². The summed E-state index contributed by atoms with van der Waals surface area (Å²) in [5.41, 5.74) is 1.23. The second kappa shape index (κ2) is 8.97. The van der Waals surface area contributed by atoms with Crippen molar-refractivity contribution in [2.24, 2.45) is 0 Å². The molecule has 0 saturated carbocycles. The number of para-hydroxylation sites is 1. The van der Waals surface area contributed by atoms with Gasteiger partial charge in [0.15, 0.2) is 17.7 Å². The molecule has 0 radical (unpaired) electrons. The Hall–Kier alpha value is -2.72. The van der Waals surface area contributed by atoms with Gasteiger partial charge in [0.25, 0.3) is 17.0 Å². The van der Waals surface area contributed by atoms with Gasteiger partial charge >= 0.3 is 0 Å². The van der Waals surface area contributed by atoms with Gasteiger partial charge in [0.2, 0.25) is 5.89 Å². The van der Waals surface area contributed by atoms with Crippen LogP contribution in [0.25, 0.3) is 10.8 Å². The Bertz CT molecular complexity index is 1140. The monoisotopic (exact) mass is 446 g/mol. The highest BCUT2D eigenvalue weighted by Gasteiger charge is 2.19. The Labute approximate surface area is 180 Å². The molecule has 4 aromatic rings. The number of hydrogen-bond donors (Lipinski definition) is 0. The van der Waals surface area contributed by atoms with Gasteiger partial charge in [-0.25, -0.2) is 4.39 Å². The van der Waals surface area contributed by atoms with Crippen LogP contribution in [0.15, 0.2) is 44.4 Å². The fraction of sp³-hybridized carbons (Fsp3) is 0.300. The first-order valence-electron chi connectivity index (χ1n) is 9.33. The molecule has 0 N–H and O–H groups in total. The summed E-state index contributed by atoms with van der Waals surface area (Å²) >= 11 is 2.94. The minimum Gasteiger partial charge on any atom is -0.478 e. The van der Waals surface area contributed by atoms with Gasteiger partial charge in [-0.1, -0.05) is 30.8 Å². The molecule has 0 aliphatic heterocycles. The van der Waals surface area contributed by atoms with Crippen LogP contribution in [-0.4, -0.2) is 20.4 Å². The SMILES string of the molecule is CCc1sc(-c2nnc(CSc3nnc(C(C)Oc4ccccc4F)o3)o2)cc1C. The smallest absolute Gasteiger partial charge is 0.277 e. The molecule has 0 saturated heterocycles. The Morgan fingerprint density at radius 2 is 2.00 bits per heavy atom. The van der Waals surface area contributed by atoms with Crippen LogP contribution in [0.5, 0.6) is 5.75 Å². The summed E-state index contributed by atoms with van der Waals surface area (Å²) in [6.45, 7) is 5.92. The molecule has 4 rings (SSSR count). The first-order chi connectivity index (χ1) is 14.5. The normalized spacial score (nSPS) is 12.3. The molecular formula is C20H19FN4O3S2. The number of aromatic nitrogens is 4. The summed E-state index contributed by atoms with van der Waals surface area (Å²) in [5.74, 6) is 1.31. The van der Waals surface area contributed by atoms with Crippen molar-refractivity contribution in [2.75, 3.05) is 0 Å². The maximum atomic E-state index is 13.7. The largest absolute Gasteiger partial charge is 0.478 e. The van der Waals surface area contributed by atoms with Crippen molar-refractivity contribution in [1.29, 1.82) is 0 Å². The second-order valence-corrected chi connectivity index (χ2v) is 8.52. The minimum absolute atomic E-state index is 0.130. The third kappa shape index (κ3) is 4.54. The molecule has 0 aliphatic carbocycles. The van der Waals surface area contributed by atoms with Crippen molar-refractivity contribution in [3.05, 3.63) is 58.4 Å². The van der Waals surface area contributed by atoms with Gasteiger partial charge in [0, 0.05) is 4.88 Å². The van der Waals surface area contributed by atoms with E-state index in [-0.39, 0.29) is 11.6 Å². The highest BCUT2D eigenvalue weighted by molar-refractivity contribution is 7.98. The summed E-state index contributed by atoms with van der Waals surface area (Å²) in [6.07, 6.45) is 0.389. The summed E-state index contributed by atoms with van der Waals surface area (Å²) in [4.78, 5) is 2.27. The van der Waals surface area contributed by atoms with Crippen molar-refractivity contribution in [1.82, 2.24) is 20.4 Å². The number of thiophene rings is 1. The minimum atomic E-state index is -0.589. The molecule has 1 atom stereocenters. The van der Waals surface area contributed by atoms with Crippen LogP contribution >= 0.6 is 23.1 Å². The molecule has 0 bridgehead atoms. The fourth-order valence-electron chi connectivity index (χ4n) is 2.74.